The molecule has 120 valence electrons. The SMILES string of the molecule is N#Cc1c(N)nc2sc(C(=O)NC3CC3)c(N)c2c1-c1cccs1. The van der Waals surface area contributed by atoms with Crippen LogP contribution in [0.3, 0.4) is 0 Å². The number of pyridine rings is 1. The van der Waals surface area contributed by atoms with Crippen LogP contribution in [0.5, 0.6) is 0 Å². The van der Waals surface area contributed by atoms with Crippen molar-refractivity contribution >= 4 is 50.3 Å². The fourth-order valence-corrected chi connectivity index (χ4v) is 4.40. The highest BCUT2D eigenvalue weighted by Gasteiger charge is 2.28. The molecule has 24 heavy (non-hydrogen) atoms. The first kappa shape index (κ1) is 14.9. The number of nitrogen functional groups attached to an aromatic ring is 2. The smallest absolute Gasteiger partial charge is 0.263 e. The molecule has 1 fully saturated rings. The summed E-state index contributed by atoms with van der Waals surface area (Å²) in [5.74, 6) is -0.0315. The number of amides is 1. The number of nitrogens with zero attached hydrogens (tertiary/aromatic N) is 2. The second-order valence-corrected chi connectivity index (χ2v) is 7.56. The van der Waals surface area contributed by atoms with Crippen LogP contribution < -0.4 is 16.8 Å². The van der Waals surface area contributed by atoms with Crippen molar-refractivity contribution in [3.63, 3.8) is 0 Å². The Morgan fingerprint density at radius 3 is 2.83 bits per heavy atom. The highest BCUT2D eigenvalue weighted by molar-refractivity contribution is 7.21. The molecule has 0 bridgehead atoms. The minimum absolute atomic E-state index is 0.156. The van der Waals surface area contributed by atoms with Gasteiger partial charge in [-0.3, -0.25) is 4.79 Å². The highest BCUT2D eigenvalue weighted by atomic mass is 32.1. The number of nitrogens with two attached hydrogens (primary N) is 2. The second-order valence-electron chi connectivity index (χ2n) is 5.61. The van der Waals surface area contributed by atoms with Gasteiger partial charge in [0.1, 0.15) is 27.2 Å². The average Bonchev–Trinajstić information content (AvgIpc) is 3.09. The summed E-state index contributed by atoms with van der Waals surface area (Å²) in [5, 5.41) is 15.0. The maximum absolute atomic E-state index is 12.4. The molecule has 0 saturated heterocycles. The van der Waals surface area contributed by atoms with Crippen LogP contribution in [0.4, 0.5) is 11.5 Å². The number of carbonyl (C=O) groups is 1. The number of hydrogen-bond donors (Lipinski definition) is 3. The van der Waals surface area contributed by atoms with Gasteiger partial charge in [0.25, 0.3) is 5.91 Å². The van der Waals surface area contributed by atoms with Crippen molar-refractivity contribution in [2.24, 2.45) is 0 Å². The number of carbonyl (C=O) groups excluding carboxylic acids is 1. The molecular formula is C16H13N5OS2. The first-order chi connectivity index (χ1) is 11.6. The largest absolute Gasteiger partial charge is 0.397 e. The van der Waals surface area contributed by atoms with E-state index in [9.17, 15) is 10.1 Å². The van der Waals surface area contributed by atoms with Gasteiger partial charge in [0, 0.05) is 21.9 Å². The molecule has 5 N–H and O–H groups in total. The van der Waals surface area contributed by atoms with Crippen LogP contribution >= 0.6 is 22.7 Å². The summed E-state index contributed by atoms with van der Waals surface area (Å²) in [6, 6.07) is 6.16. The Bertz CT molecular complexity index is 996. The van der Waals surface area contributed by atoms with Gasteiger partial charge in [0.2, 0.25) is 0 Å². The third-order valence-electron chi connectivity index (χ3n) is 3.90. The third kappa shape index (κ3) is 2.29. The van der Waals surface area contributed by atoms with Crippen LogP contribution in [-0.2, 0) is 0 Å². The molecule has 6 nitrogen and oxygen atoms in total. The Morgan fingerprint density at radius 2 is 2.21 bits per heavy atom. The first-order valence-electron chi connectivity index (χ1n) is 7.36. The van der Waals surface area contributed by atoms with Crippen LogP contribution in [0.15, 0.2) is 17.5 Å². The molecule has 3 heterocycles. The minimum atomic E-state index is -0.188. The molecule has 0 unspecified atom stereocenters. The maximum Gasteiger partial charge on any atom is 0.263 e. The monoisotopic (exact) mass is 355 g/mol. The maximum atomic E-state index is 12.4. The highest BCUT2D eigenvalue weighted by Crippen LogP contribution is 2.43. The molecule has 3 aromatic heterocycles. The van der Waals surface area contributed by atoms with E-state index in [1.54, 1.807) is 0 Å². The van der Waals surface area contributed by atoms with Gasteiger partial charge in [-0.2, -0.15) is 5.26 Å². The lowest BCUT2D eigenvalue weighted by Crippen LogP contribution is -2.25. The number of nitriles is 1. The fraction of sp³-hybridized carbons (Fsp3) is 0.188. The summed E-state index contributed by atoms with van der Waals surface area (Å²) in [4.78, 5) is 18.6. The van der Waals surface area contributed by atoms with Crippen molar-refractivity contribution in [3.8, 4) is 16.5 Å². The summed E-state index contributed by atoms with van der Waals surface area (Å²) in [6.45, 7) is 0. The molecule has 1 saturated carbocycles. The molecule has 0 spiro atoms. The number of nitrogens with one attached hydrogen (secondary N) is 1. The van der Waals surface area contributed by atoms with E-state index in [0.717, 1.165) is 17.7 Å². The fourth-order valence-electron chi connectivity index (χ4n) is 2.60. The quantitative estimate of drug-likeness (QED) is 0.667. The van der Waals surface area contributed by atoms with Gasteiger partial charge < -0.3 is 16.8 Å². The predicted molar refractivity (Wildman–Crippen MR) is 97.0 cm³/mol. The topological polar surface area (TPSA) is 118 Å². The number of thiophene rings is 2. The van der Waals surface area contributed by atoms with Crippen molar-refractivity contribution in [2.75, 3.05) is 11.5 Å². The molecule has 8 heteroatoms. The molecule has 3 aromatic rings. The van der Waals surface area contributed by atoms with E-state index in [4.69, 9.17) is 11.5 Å². The average molecular weight is 355 g/mol. The van der Waals surface area contributed by atoms with Crippen LogP contribution in [0.2, 0.25) is 0 Å². The third-order valence-corrected chi connectivity index (χ3v) is 5.89. The molecule has 0 aromatic carbocycles. The standard InChI is InChI=1S/C16H13N5OS2/c17-6-8-10(9-2-1-5-23-9)11-12(18)13(15(22)20-7-3-4-7)24-16(11)21-14(8)19/h1-2,5,7H,3-4,18H2,(H2,19,21)(H,20,22). The van der Waals surface area contributed by atoms with Crippen molar-refractivity contribution in [1.82, 2.24) is 10.3 Å². The number of aromatic nitrogens is 1. The summed E-state index contributed by atoms with van der Waals surface area (Å²) < 4.78 is 0. The molecule has 0 radical (unpaired) electrons. The van der Waals surface area contributed by atoms with Gasteiger partial charge in [-0.25, -0.2) is 4.98 Å². The van der Waals surface area contributed by atoms with Gasteiger partial charge in [0.15, 0.2) is 0 Å². The van der Waals surface area contributed by atoms with Crippen LogP contribution in [0, 0.1) is 11.3 Å². The zero-order valence-corrected chi connectivity index (χ0v) is 14.1. The molecular weight excluding hydrogens is 342 g/mol. The van der Waals surface area contributed by atoms with Gasteiger partial charge in [0.05, 0.1) is 5.69 Å². The molecule has 1 amide bonds. The molecule has 1 aliphatic rings. The summed E-state index contributed by atoms with van der Waals surface area (Å²) in [7, 11) is 0. The Morgan fingerprint density at radius 1 is 1.42 bits per heavy atom. The van der Waals surface area contributed by atoms with E-state index < -0.39 is 0 Å². The molecule has 0 aliphatic heterocycles. The normalized spacial score (nSPS) is 13.8. The molecule has 4 rings (SSSR count). The Kier molecular flexibility index (Phi) is 3.40. The van der Waals surface area contributed by atoms with Gasteiger partial charge in [-0.05, 0) is 24.3 Å². The Labute approximate surface area is 145 Å². The lowest BCUT2D eigenvalue weighted by atomic mass is 10.0. The predicted octanol–water partition coefficient (Wildman–Crippen LogP) is 2.95. The van der Waals surface area contributed by atoms with Gasteiger partial charge in [-0.1, -0.05) is 6.07 Å². The van der Waals surface area contributed by atoms with Crippen LogP contribution in [0.1, 0.15) is 28.1 Å². The zero-order valence-electron chi connectivity index (χ0n) is 12.5. The van der Waals surface area contributed by atoms with E-state index in [-0.39, 0.29) is 17.8 Å². The van der Waals surface area contributed by atoms with Crippen molar-refractivity contribution in [3.05, 3.63) is 28.0 Å². The lowest BCUT2D eigenvalue weighted by Gasteiger charge is -2.07. The zero-order chi connectivity index (χ0) is 16.8. The number of hydrogen-bond acceptors (Lipinski definition) is 7. The molecule has 1 aliphatic carbocycles. The van der Waals surface area contributed by atoms with Crippen LogP contribution in [-0.4, -0.2) is 16.9 Å². The van der Waals surface area contributed by atoms with Crippen LogP contribution in [0.25, 0.3) is 20.7 Å². The Balaban J connectivity index is 1.98. The number of rotatable bonds is 3. The van der Waals surface area contributed by atoms with E-state index >= 15 is 0 Å². The number of anilines is 2. The Hall–Kier alpha value is -2.63. The first-order valence-corrected chi connectivity index (χ1v) is 9.06. The van der Waals surface area contributed by atoms with Crippen molar-refractivity contribution < 1.29 is 4.79 Å². The summed E-state index contributed by atoms with van der Waals surface area (Å²) >= 11 is 2.70. The summed E-state index contributed by atoms with van der Waals surface area (Å²) in [6.07, 6.45) is 2.00. The summed E-state index contributed by atoms with van der Waals surface area (Å²) in [5.41, 5.74) is 13.6. The van der Waals surface area contributed by atoms with Crippen molar-refractivity contribution in [2.45, 2.75) is 18.9 Å². The number of fused-ring (bicyclic) bond motifs is 1. The van der Waals surface area contributed by atoms with E-state index in [2.05, 4.69) is 16.4 Å². The van der Waals surface area contributed by atoms with E-state index in [1.165, 1.54) is 22.7 Å². The van der Waals surface area contributed by atoms with Gasteiger partial charge in [-0.15, -0.1) is 22.7 Å². The molecule has 0 atom stereocenters. The van der Waals surface area contributed by atoms with Gasteiger partial charge >= 0.3 is 0 Å². The van der Waals surface area contributed by atoms with Crippen molar-refractivity contribution in [1.29, 1.82) is 5.26 Å². The van der Waals surface area contributed by atoms with E-state index in [1.807, 2.05) is 17.5 Å². The lowest BCUT2D eigenvalue weighted by molar-refractivity contribution is 0.0956. The van der Waals surface area contributed by atoms with E-state index in [0.29, 0.717) is 31.9 Å². The minimum Gasteiger partial charge on any atom is -0.397 e. The second kappa shape index (κ2) is 5.47.